The average molecular weight is 525 g/mol. The second kappa shape index (κ2) is 10.8. The third kappa shape index (κ3) is 5.72. The summed E-state index contributed by atoms with van der Waals surface area (Å²) < 4.78 is 11.2. The van der Waals surface area contributed by atoms with Crippen molar-refractivity contribution in [2.75, 3.05) is 18.1 Å². The lowest BCUT2D eigenvalue weighted by molar-refractivity contribution is -0.153. The van der Waals surface area contributed by atoms with Gasteiger partial charge in [-0.2, -0.15) is 0 Å². The number of hydrogen-bond donors (Lipinski definition) is 1. The summed E-state index contributed by atoms with van der Waals surface area (Å²) in [5.74, 6) is -1.07. The standard InChI is InChI=1S/C32H32N2O5/c1-32(2,3)39-29(35)19-34-28-18-9-4-11-21(28)12-10-17-27(30(34)36)33-31(37)38-20-26-24-15-7-5-13-22(24)23-14-6-8-16-25(23)26/h4-11,13-18,26-27H,12,19-20H2,1-3H3,(H,33,37)/t27-/m0/s1. The number of nitrogens with one attached hydrogen (secondary N) is 1. The van der Waals surface area contributed by atoms with Crippen LogP contribution in [0.3, 0.4) is 0 Å². The molecular weight excluding hydrogens is 492 g/mol. The maximum atomic E-state index is 13.7. The molecule has 0 fully saturated rings. The molecule has 39 heavy (non-hydrogen) atoms. The Labute approximate surface area is 228 Å². The largest absolute Gasteiger partial charge is 0.459 e. The van der Waals surface area contributed by atoms with E-state index >= 15 is 0 Å². The van der Waals surface area contributed by atoms with Gasteiger partial charge in [-0.15, -0.1) is 0 Å². The summed E-state index contributed by atoms with van der Waals surface area (Å²) in [5, 5.41) is 2.70. The van der Waals surface area contributed by atoms with E-state index in [1.807, 2.05) is 60.7 Å². The molecule has 0 radical (unpaired) electrons. The number of allylic oxidation sites excluding steroid dienone is 1. The highest BCUT2D eigenvalue weighted by atomic mass is 16.6. The summed E-state index contributed by atoms with van der Waals surface area (Å²) in [5.41, 5.74) is 5.29. The minimum Gasteiger partial charge on any atom is -0.459 e. The maximum Gasteiger partial charge on any atom is 0.408 e. The van der Waals surface area contributed by atoms with Crippen LogP contribution in [-0.2, 0) is 25.5 Å². The Morgan fingerprint density at radius 1 is 0.923 bits per heavy atom. The molecule has 3 aromatic rings. The molecule has 5 rings (SSSR count). The number of fused-ring (bicyclic) bond motifs is 4. The fourth-order valence-electron chi connectivity index (χ4n) is 5.19. The van der Waals surface area contributed by atoms with Gasteiger partial charge >= 0.3 is 12.1 Å². The molecule has 2 amide bonds. The van der Waals surface area contributed by atoms with Crippen molar-refractivity contribution in [3.8, 4) is 11.1 Å². The number of alkyl carbamates (subject to hydrolysis) is 1. The van der Waals surface area contributed by atoms with Crippen molar-refractivity contribution >= 4 is 23.7 Å². The first-order chi connectivity index (χ1) is 18.7. The molecule has 7 heteroatoms. The second-order valence-electron chi connectivity index (χ2n) is 10.7. The summed E-state index contributed by atoms with van der Waals surface area (Å²) in [6.07, 6.45) is 3.32. The van der Waals surface area contributed by atoms with E-state index in [0.29, 0.717) is 12.1 Å². The van der Waals surface area contributed by atoms with Crippen LogP contribution in [0.25, 0.3) is 11.1 Å². The highest BCUT2D eigenvalue weighted by Crippen LogP contribution is 2.44. The first-order valence-corrected chi connectivity index (χ1v) is 13.1. The molecule has 1 atom stereocenters. The predicted molar refractivity (Wildman–Crippen MR) is 149 cm³/mol. The lowest BCUT2D eigenvalue weighted by Gasteiger charge is -2.30. The van der Waals surface area contributed by atoms with Crippen LogP contribution in [0.2, 0.25) is 0 Å². The molecule has 0 aromatic heterocycles. The van der Waals surface area contributed by atoms with Gasteiger partial charge in [0.2, 0.25) is 0 Å². The zero-order valence-electron chi connectivity index (χ0n) is 22.3. The van der Waals surface area contributed by atoms with E-state index in [0.717, 1.165) is 27.8 Å². The van der Waals surface area contributed by atoms with Crippen molar-refractivity contribution in [2.24, 2.45) is 0 Å². The SMILES string of the molecule is CC(C)(C)OC(=O)CN1C(=O)[C@@H](NC(=O)OCC2c3ccccc3-c3ccccc32)C=CCc2ccccc21. The van der Waals surface area contributed by atoms with E-state index in [4.69, 9.17) is 9.47 Å². The molecule has 1 N–H and O–H groups in total. The normalized spacial score (nSPS) is 16.4. The van der Waals surface area contributed by atoms with Crippen molar-refractivity contribution in [3.05, 3.63) is 102 Å². The van der Waals surface area contributed by atoms with Gasteiger partial charge in [0.1, 0.15) is 24.8 Å². The molecule has 0 saturated heterocycles. The van der Waals surface area contributed by atoms with Gasteiger partial charge in [-0.05, 0) is 61.1 Å². The summed E-state index contributed by atoms with van der Waals surface area (Å²) >= 11 is 0. The fourth-order valence-corrected chi connectivity index (χ4v) is 5.19. The number of carbonyl (C=O) groups excluding carboxylic acids is 3. The number of ether oxygens (including phenoxy) is 2. The first-order valence-electron chi connectivity index (χ1n) is 13.1. The number of anilines is 1. The van der Waals surface area contributed by atoms with Gasteiger partial charge < -0.3 is 14.8 Å². The summed E-state index contributed by atoms with van der Waals surface area (Å²) in [4.78, 5) is 40.7. The molecule has 2 aliphatic rings. The molecule has 1 aliphatic carbocycles. The molecule has 1 heterocycles. The molecule has 3 aromatic carbocycles. The highest BCUT2D eigenvalue weighted by Gasteiger charge is 2.32. The predicted octanol–water partition coefficient (Wildman–Crippen LogP) is 5.38. The molecule has 7 nitrogen and oxygen atoms in total. The first kappa shape index (κ1) is 26.2. The number of benzene rings is 3. The minimum absolute atomic E-state index is 0.0951. The zero-order chi connectivity index (χ0) is 27.6. The Bertz CT molecular complexity index is 1390. The molecule has 200 valence electrons. The van der Waals surface area contributed by atoms with Gasteiger partial charge in [0.25, 0.3) is 5.91 Å². The van der Waals surface area contributed by atoms with Crippen LogP contribution in [0.4, 0.5) is 10.5 Å². The Balaban J connectivity index is 1.31. The van der Waals surface area contributed by atoms with E-state index in [9.17, 15) is 14.4 Å². The second-order valence-corrected chi connectivity index (χ2v) is 10.7. The number of amides is 2. The van der Waals surface area contributed by atoms with E-state index in [2.05, 4.69) is 17.4 Å². The van der Waals surface area contributed by atoms with Crippen LogP contribution < -0.4 is 10.2 Å². The van der Waals surface area contributed by atoms with E-state index in [1.165, 1.54) is 4.90 Å². The molecule has 0 saturated carbocycles. The quantitative estimate of drug-likeness (QED) is 0.358. The fraction of sp³-hybridized carbons (Fsp3) is 0.281. The number of hydrogen-bond acceptors (Lipinski definition) is 5. The van der Waals surface area contributed by atoms with E-state index < -0.39 is 29.6 Å². The monoisotopic (exact) mass is 524 g/mol. The average Bonchev–Trinajstić information content (AvgIpc) is 3.22. The number of rotatable bonds is 5. The van der Waals surface area contributed by atoms with Crippen molar-refractivity contribution < 1.29 is 23.9 Å². The zero-order valence-corrected chi connectivity index (χ0v) is 22.3. The van der Waals surface area contributed by atoms with Gasteiger partial charge in [-0.25, -0.2) is 4.79 Å². The smallest absolute Gasteiger partial charge is 0.408 e. The molecule has 1 aliphatic heterocycles. The molecule has 0 bridgehead atoms. The Hall–Kier alpha value is -4.39. The summed E-state index contributed by atoms with van der Waals surface area (Å²) in [6.45, 7) is 5.19. The third-order valence-corrected chi connectivity index (χ3v) is 6.81. The van der Waals surface area contributed by atoms with E-state index in [1.54, 1.807) is 32.9 Å². The van der Waals surface area contributed by atoms with Crippen LogP contribution in [-0.4, -0.2) is 42.8 Å². The Morgan fingerprint density at radius 2 is 1.54 bits per heavy atom. The van der Waals surface area contributed by atoms with Crippen LogP contribution >= 0.6 is 0 Å². The number of carbonyl (C=O) groups is 3. The van der Waals surface area contributed by atoms with Crippen molar-refractivity contribution in [1.82, 2.24) is 5.32 Å². The Kier molecular flexibility index (Phi) is 7.24. The lowest BCUT2D eigenvalue weighted by Crippen LogP contribution is -2.50. The number of para-hydroxylation sites is 1. The van der Waals surface area contributed by atoms with E-state index in [-0.39, 0.29) is 19.1 Å². The highest BCUT2D eigenvalue weighted by molar-refractivity contribution is 6.03. The van der Waals surface area contributed by atoms with Crippen LogP contribution in [0.1, 0.15) is 43.4 Å². The van der Waals surface area contributed by atoms with Gasteiger partial charge in [0.05, 0.1) is 0 Å². The van der Waals surface area contributed by atoms with Crippen LogP contribution in [0.15, 0.2) is 84.9 Å². The lowest BCUT2D eigenvalue weighted by atomic mass is 9.98. The molecule has 0 unspecified atom stereocenters. The van der Waals surface area contributed by atoms with Gasteiger partial charge in [0, 0.05) is 11.6 Å². The van der Waals surface area contributed by atoms with Gasteiger partial charge in [-0.1, -0.05) is 78.9 Å². The number of esters is 1. The van der Waals surface area contributed by atoms with Crippen LogP contribution in [0, 0.1) is 0 Å². The summed E-state index contributed by atoms with van der Waals surface area (Å²) in [6, 6.07) is 22.6. The van der Waals surface area contributed by atoms with Crippen LogP contribution in [0.5, 0.6) is 0 Å². The van der Waals surface area contributed by atoms with Crippen molar-refractivity contribution in [3.63, 3.8) is 0 Å². The summed E-state index contributed by atoms with van der Waals surface area (Å²) in [7, 11) is 0. The number of nitrogens with zero attached hydrogens (tertiary/aromatic N) is 1. The van der Waals surface area contributed by atoms with Gasteiger partial charge in [-0.3, -0.25) is 14.5 Å². The third-order valence-electron chi connectivity index (χ3n) is 6.81. The Morgan fingerprint density at radius 3 is 2.21 bits per heavy atom. The van der Waals surface area contributed by atoms with Crippen molar-refractivity contribution in [2.45, 2.75) is 44.8 Å². The maximum absolute atomic E-state index is 13.7. The van der Waals surface area contributed by atoms with Gasteiger partial charge in [0.15, 0.2) is 0 Å². The molecule has 0 spiro atoms. The topological polar surface area (TPSA) is 84.9 Å². The van der Waals surface area contributed by atoms with Crippen molar-refractivity contribution in [1.29, 1.82) is 0 Å². The minimum atomic E-state index is -1.00. The molecular formula is C32H32N2O5.